The Kier molecular flexibility index (Phi) is 5.54. The molecule has 0 aliphatic carbocycles. The minimum absolute atomic E-state index is 0.0463. The molecule has 7 nitrogen and oxygen atoms in total. The lowest BCUT2D eigenvalue weighted by Gasteiger charge is -2.39. The first kappa shape index (κ1) is 23.3. The van der Waals surface area contributed by atoms with E-state index in [0.717, 1.165) is 0 Å². The minimum Gasteiger partial charge on any atom is -0.477 e. The summed E-state index contributed by atoms with van der Waals surface area (Å²) in [5, 5.41) is 9.59. The Balaban J connectivity index is 1.69. The molecule has 0 atom stereocenters. The van der Waals surface area contributed by atoms with Crippen molar-refractivity contribution in [2.75, 3.05) is 31.1 Å². The number of piperazine rings is 1. The molecule has 13 heteroatoms. The molecule has 178 valence electrons. The summed E-state index contributed by atoms with van der Waals surface area (Å²) in [5.41, 5.74) is 0.595. The van der Waals surface area contributed by atoms with Crippen molar-refractivity contribution in [2.45, 2.75) is 31.5 Å². The number of carbonyl (C=O) groups is 2. The van der Waals surface area contributed by atoms with Crippen LogP contribution in [0.25, 0.3) is 10.9 Å². The average molecular weight is 494 g/mol. The van der Waals surface area contributed by atoms with Crippen molar-refractivity contribution in [3.05, 3.63) is 38.6 Å². The van der Waals surface area contributed by atoms with Gasteiger partial charge in [0.15, 0.2) is 0 Å². The van der Waals surface area contributed by atoms with Crippen LogP contribution in [0.5, 0.6) is 0 Å². The van der Waals surface area contributed by atoms with Gasteiger partial charge >= 0.3 is 24.0 Å². The predicted octanol–water partition coefficient (Wildman–Crippen LogP) is 3.15. The molecule has 0 spiro atoms. The van der Waals surface area contributed by atoms with E-state index in [1.807, 2.05) is 0 Å². The largest absolute Gasteiger partial charge is 0.477 e. The Morgan fingerprint density at radius 3 is 2.24 bits per heavy atom. The molecule has 1 N–H and O–H groups in total. The van der Waals surface area contributed by atoms with E-state index in [1.165, 1.54) is 12.3 Å². The van der Waals surface area contributed by atoms with Gasteiger partial charge in [0.2, 0.25) is 5.43 Å². The van der Waals surface area contributed by atoms with E-state index >= 15 is 0 Å². The van der Waals surface area contributed by atoms with Gasteiger partial charge in [-0.25, -0.2) is 4.79 Å². The van der Waals surface area contributed by atoms with Crippen LogP contribution in [0.4, 0.5) is 27.6 Å². The zero-order valence-corrected chi connectivity index (χ0v) is 17.6. The lowest BCUT2D eigenvalue weighted by Crippen LogP contribution is -2.57. The molecule has 1 amide bonds. The Morgan fingerprint density at radius 2 is 1.67 bits per heavy atom. The van der Waals surface area contributed by atoms with Crippen molar-refractivity contribution < 1.29 is 36.6 Å². The van der Waals surface area contributed by atoms with Gasteiger partial charge in [-0.1, -0.05) is 11.6 Å². The number of hydrogen-bond acceptors (Lipinski definition) is 4. The smallest absolute Gasteiger partial charge is 0.463 e. The number of amides is 1. The van der Waals surface area contributed by atoms with E-state index in [1.54, 1.807) is 9.47 Å². The molecule has 4 rings (SSSR count). The van der Waals surface area contributed by atoms with Crippen molar-refractivity contribution in [3.63, 3.8) is 0 Å². The highest BCUT2D eigenvalue weighted by Gasteiger charge is 2.64. The summed E-state index contributed by atoms with van der Waals surface area (Å²) in [6.45, 7) is -0.364. The lowest BCUT2D eigenvalue weighted by molar-refractivity contribution is -0.274. The number of alkyl halides is 5. The van der Waals surface area contributed by atoms with Crippen LogP contribution in [-0.4, -0.2) is 64.7 Å². The fourth-order valence-corrected chi connectivity index (χ4v) is 4.74. The van der Waals surface area contributed by atoms with E-state index in [2.05, 4.69) is 0 Å². The zero-order valence-electron chi connectivity index (χ0n) is 16.9. The molecular weight excluding hydrogens is 477 g/mol. The second-order valence-corrected chi connectivity index (χ2v) is 8.31. The number of halogens is 6. The number of anilines is 1. The fourth-order valence-electron chi connectivity index (χ4n) is 4.39. The first-order valence-corrected chi connectivity index (χ1v) is 10.3. The molecule has 0 unspecified atom stereocenters. The van der Waals surface area contributed by atoms with Gasteiger partial charge in [0.25, 0.3) is 0 Å². The molecule has 2 aromatic rings. The summed E-state index contributed by atoms with van der Waals surface area (Å²) in [4.78, 5) is 38.0. The number of carbonyl (C=O) groups excluding carboxylic acids is 1. The highest BCUT2D eigenvalue weighted by atomic mass is 35.5. The summed E-state index contributed by atoms with van der Waals surface area (Å²) >= 11 is 6.45. The summed E-state index contributed by atoms with van der Waals surface area (Å²) in [5.74, 6) is -9.13. The number of rotatable bonds is 3. The summed E-state index contributed by atoms with van der Waals surface area (Å²) in [6, 6.07) is 1.35. The number of benzene rings is 1. The molecule has 1 saturated heterocycles. The predicted molar refractivity (Wildman–Crippen MR) is 108 cm³/mol. The Labute approximate surface area is 187 Å². The van der Waals surface area contributed by atoms with Crippen LogP contribution in [0.3, 0.4) is 0 Å². The molecule has 2 aliphatic rings. The van der Waals surface area contributed by atoms with Crippen molar-refractivity contribution in [1.82, 2.24) is 9.47 Å². The Hall–Kier alpha value is -2.89. The Morgan fingerprint density at radius 1 is 1.03 bits per heavy atom. The zero-order chi connectivity index (χ0) is 24.3. The van der Waals surface area contributed by atoms with Gasteiger partial charge in [0.1, 0.15) is 5.56 Å². The van der Waals surface area contributed by atoms with Gasteiger partial charge < -0.3 is 19.5 Å². The quantitative estimate of drug-likeness (QED) is 0.664. The van der Waals surface area contributed by atoms with Crippen LogP contribution in [0.1, 0.15) is 22.3 Å². The van der Waals surface area contributed by atoms with Crippen molar-refractivity contribution in [2.24, 2.45) is 0 Å². The van der Waals surface area contributed by atoms with E-state index < -0.39 is 35.0 Å². The summed E-state index contributed by atoms with van der Waals surface area (Å²) in [7, 11) is 0. The summed E-state index contributed by atoms with van der Waals surface area (Å²) < 4.78 is 66.2. The van der Waals surface area contributed by atoms with Gasteiger partial charge in [-0.05, 0) is 18.9 Å². The number of carboxylic acid groups (broad SMARTS) is 1. The number of hydrogen-bond donors (Lipinski definition) is 1. The number of aromatic nitrogens is 1. The molecule has 0 saturated carbocycles. The van der Waals surface area contributed by atoms with Gasteiger partial charge in [0.05, 0.1) is 16.2 Å². The highest BCUT2D eigenvalue weighted by Crippen LogP contribution is 2.40. The topological polar surface area (TPSA) is 82.8 Å². The maximum absolute atomic E-state index is 13.4. The first-order valence-electron chi connectivity index (χ1n) is 9.95. The monoisotopic (exact) mass is 493 g/mol. The third-order valence-electron chi connectivity index (χ3n) is 5.95. The van der Waals surface area contributed by atoms with Crippen LogP contribution >= 0.6 is 11.6 Å². The minimum atomic E-state index is -5.98. The standard InChI is InChI=1S/C20H17ClF5N3O4/c21-13-8-11-14-10(2-1-3-29(14)9-12(16(11)30)17(31)32)15(13)27-4-6-28(7-5-27)18(33)19(22,23)20(24,25)26/h8-9H,1-7H2,(H,31,32). The summed E-state index contributed by atoms with van der Waals surface area (Å²) in [6.07, 6.45) is -3.59. The Bertz CT molecular complexity index is 1220. The maximum Gasteiger partial charge on any atom is 0.463 e. The van der Waals surface area contributed by atoms with Crippen LogP contribution in [0, 0.1) is 0 Å². The second kappa shape index (κ2) is 7.86. The molecule has 0 bridgehead atoms. The number of carboxylic acids is 1. The van der Waals surface area contributed by atoms with Crippen LogP contribution < -0.4 is 10.3 Å². The van der Waals surface area contributed by atoms with Gasteiger partial charge in [-0.2, -0.15) is 22.0 Å². The van der Waals surface area contributed by atoms with E-state index in [4.69, 9.17) is 11.6 Å². The third-order valence-corrected chi connectivity index (χ3v) is 6.24. The SMILES string of the molecule is O=C(O)c1cn2c3c(c(N4CCN(C(=O)C(F)(F)C(F)(F)F)CC4)c(Cl)cc3c1=O)CCC2. The van der Waals surface area contributed by atoms with E-state index in [0.29, 0.717) is 41.1 Å². The fraction of sp³-hybridized carbons (Fsp3) is 0.450. The van der Waals surface area contributed by atoms with Crippen molar-refractivity contribution in [1.29, 1.82) is 0 Å². The lowest BCUT2D eigenvalue weighted by atomic mass is 9.96. The molecule has 0 radical (unpaired) electrons. The van der Waals surface area contributed by atoms with Crippen LogP contribution in [0.15, 0.2) is 17.1 Å². The number of nitrogens with zero attached hydrogens (tertiary/aromatic N) is 3. The molecule has 1 fully saturated rings. The third kappa shape index (κ3) is 3.69. The van der Waals surface area contributed by atoms with Gasteiger partial charge in [0, 0.05) is 49.9 Å². The highest BCUT2D eigenvalue weighted by molar-refractivity contribution is 6.34. The number of aryl methyl sites for hydroxylation is 2. The van der Waals surface area contributed by atoms with E-state index in [-0.39, 0.29) is 36.6 Å². The van der Waals surface area contributed by atoms with Crippen LogP contribution in [-0.2, 0) is 17.8 Å². The first-order chi connectivity index (χ1) is 15.3. The van der Waals surface area contributed by atoms with Crippen molar-refractivity contribution >= 4 is 40.1 Å². The molecule has 33 heavy (non-hydrogen) atoms. The average Bonchev–Trinajstić information content (AvgIpc) is 2.74. The van der Waals surface area contributed by atoms with Crippen molar-refractivity contribution in [3.8, 4) is 0 Å². The van der Waals surface area contributed by atoms with Gasteiger partial charge in [-0.15, -0.1) is 0 Å². The van der Waals surface area contributed by atoms with Gasteiger partial charge in [-0.3, -0.25) is 9.59 Å². The molecular formula is C20H17ClF5N3O4. The second-order valence-electron chi connectivity index (χ2n) is 7.91. The van der Waals surface area contributed by atoms with Crippen LogP contribution in [0.2, 0.25) is 5.02 Å². The number of pyridine rings is 1. The normalized spacial score (nSPS) is 16.9. The molecule has 2 aliphatic heterocycles. The molecule has 1 aromatic heterocycles. The maximum atomic E-state index is 13.4. The molecule has 1 aromatic carbocycles. The van der Waals surface area contributed by atoms with E-state index in [9.17, 15) is 41.4 Å². The molecule has 3 heterocycles. The number of aromatic carboxylic acids is 1.